The van der Waals surface area contributed by atoms with Crippen LogP contribution in [0, 0.1) is 16.7 Å². The molecular formula is C17H32N2O4. The van der Waals surface area contributed by atoms with Gasteiger partial charge < -0.3 is 20.5 Å². The SMILES string of the molecule is CC(C)CCOC(=O)NCC1(C)CC(NC(=O)O)CC(C)(C)C1. The van der Waals surface area contributed by atoms with Gasteiger partial charge >= 0.3 is 12.2 Å². The van der Waals surface area contributed by atoms with Gasteiger partial charge in [0.25, 0.3) is 0 Å². The minimum absolute atomic E-state index is 0.0311. The van der Waals surface area contributed by atoms with Crippen LogP contribution in [0.4, 0.5) is 9.59 Å². The molecule has 2 unspecified atom stereocenters. The highest BCUT2D eigenvalue weighted by atomic mass is 16.5. The summed E-state index contributed by atoms with van der Waals surface area (Å²) in [5.74, 6) is 0.502. The van der Waals surface area contributed by atoms with Gasteiger partial charge in [-0.15, -0.1) is 0 Å². The minimum Gasteiger partial charge on any atom is -0.465 e. The number of rotatable bonds is 6. The molecule has 0 aromatic carbocycles. The Labute approximate surface area is 139 Å². The van der Waals surface area contributed by atoms with Crippen LogP contribution in [0.3, 0.4) is 0 Å². The molecule has 0 radical (unpaired) electrons. The highest BCUT2D eigenvalue weighted by Crippen LogP contribution is 2.45. The third-order valence-electron chi connectivity index (χ3n) is 4.36. The number of carbonyl (C=O) groups excluding carboxylic acids is 1. The maximum Gasteiger partial charge on any atom is 0.407 e. The van der Waals surface area contributed by atoms with Crippen molar-refractivity contribution in [3.05, 3.63) is 0 Å². The molecule has 0 aliphatic heterocycles. The monoisotopic (exact) mass is 328 g/mol. The van der Waals surface area contributed by atoms with Gasteiger partial charge in [-0.1, -0.05) is 34.6 Å². The largest absolute Gasteiger partial charge is 0.465 e. The summed E-state index contributed by atoms with van der Waals surface area (Å²) in [6.07, 6.45) is 1.93. The van der Waals surface area contributed by atoms with E-state index in [0.29, 0.717) is 19.1 Å². The van der Waals surface area contributed by atoms with Crippen LogP contribution in [0.2, 0.25) is 0 Å². The zero-order valence-electron chi connectivity index (χ0n) is 15.1. The van der Waals surface area contributed by atoms with E-state index in [0.717, 1.165) is 25.7 Å². The normalized spacial score (nSPS) is 26.6. The summed E-state index contributed by atoms with van der Waals surface area (Å²) in [7, 11) is 0. The zero-order chi connectivity index (χ0) is 17.7. The van der Waals surface area contributed by atoms with E-state index < -0.39 is 12.2 Å². The highest BCUT2D eigenvalue weighted by Gasteiger charge is 2.41. The Balaban J connectivity index is 2.52. The van der Waals surface area contributed by atoms with Crippen LogP contribution in [-0.4, -0.2) is 36.5 Å². The summed E-state index contributed by atoms with van der Waals surface area (Å²) in [6.45, 7) is 11.5. The van der Waals surface area contributed by atoms with Gasteiger partial charge in [0.2, 0.25) is 0 Å². The summed E-state index contributed by atoms with van der Waals surface area (Å²) in [4.78, 5) is 22.7. The van der Waals surface area contributed by atoms with Gasteiger partial charge in [-0.05, 0) is 42.4 Å². The van der Waals surface area contributed by atoms with E-state index in [1.54, 1.807) is 0 Å². The second-order valence-electron chi connectivity index (χ2n) is 8.38. The number of amides is 2. The average Bonchev–Trinajstić information content (AvgIpc) is 2.32. The number of hydrogen-bond acceptors (Lipinski definition) is 3. The molecule has 134 valence electrons. The molecular weight excluding hydrogens is 296 g/mol. The lowest BCUT2D eigenvalue weighted by molar-refractivity contribution is 0.0660. The molecule has 1 rings (SSSR count). The fourth-order valence-electron chi connectivity index (χ4n) is 3.77. The van der Waals surface area contributed by atoms with Gasteiger partial charge in [0.05, 0.1) is 6.61 Å². The molecule has 0 saturated heterocycles. The summed E-state index contributed by atoms with van der Waals surface area (Å²) in [5, 5.41) is 14.4. The molecule has 0 aromatic rings. The molecule has 6 heteroatoms. The fourth-order valence-corrected chi connectivity index (χ4v) is 3.77. The van der Waals surface area contributed by atoms with Gasteiger partial charge in [0, 0.05) is 12.6 Å². The molecule has 0 aromatic heterocycles. The van der Waals surface area contributed by atoms with E-state index in [2.05, 4.69) is 45.3 Å². The van der Waals surface area contributed by atoms with Gasteiger partial charge in [0.1, 0.15) is 0 Å². The molecule has 0 bridgehead atoms. The predicted octanol–water partition coefficient (Wildman–Crippen LogP) is 3.61. The smallest absolute Gasteiger partial charge is 0.407 e. The molecule has 6 nitrogen and oxygen atoms in total. The van der Waals surface area contributed by atoms with E-state index >= 15 is 0 Å². The summed E-state index contributed by atoms with van der Waals surface area (Å²) >= 11 is 0. The number of ether oxygens (including phenoxy) is 1. The van der Waals surface area contributed by atoms with Crippen LogP contribution in [-0.2, 0) is 4.74 Å². The standard InChI is InChI=1S/C17H32N2O4/c1-12(2)6-7-23-15(22)18-11-17(5)9-13(19-14(20)21)8-16(3,4)10-17/h12-13,19H,6-11H2,1-5H3,(H,18,22)(H,20,21). The van der Waals surface area contributed by atoms with E-state index in [1.165, 1.54) is 0 Å². The molecule has 1 saturated carbocycles. The maximum absolute atomic E-state index is 11.8. The molecule has 1 fully saturated rings. The van der Waals surface area contributed by atoms with Crippen LogP contribution < -0.4 is 10.6 Å². The molecule has 23 heavy (non-hydrogen) atoms. The number of carbonyl (C=O) groups is 2. The van der Waals surface area contributed by atoms with E-state index in [1.807, 2.05) is 0 Å². The number of alkyl carbamates (subject to hydrolysis) is 1. The first-order valence-corrected chi connectivity index (χ1v) is 8.41. The Morgan fingerprint density at radius 2 is 1.91 bits per heavy atom. The number of hydrogen-bond donors (Lipinski definition) is 3. The van der Waals surface area contributed by atoms with Gasteiger partial charge in [0.15, 0.2) is 0 Å². The van der Waals surface area contributed by atoms with Crippen molar-refractivity contribution in [1.29, 1.82) is 0 Å². The van der Waals surface area contributed by atoms with Crippen molar-refractivity contribution < 1.29 is 19.4 Å². The summed E-state index contributed by atoms with van der Waals surface area (Å²) < 4.78 is 5.17. The highest BCUT2D eigenvalue weighted by molar-refractivity contribution is 5.67. The number of carboxylic acid groups (broad SMARTS) is 1. The molecule has 1 aliphatic carbocycles. The van der Waals surface area contributed by atoms with E-state index in [-0.39, 0.29) is 16.9 Å². The van der Waals surface area contributed by atoms with Crippen molar-refractivity contribution in [2.75, 3.05) is 13.2 Å². The Hall–Kier alpha value is -1.46. The Morgan fingerprint density at radius 1 is 1.26 bits per heavy atom. The second-order valence-corrected chi connectivity index (χ2v) is 8.38. The van der Waals surface area contributed by atoms with Crippen molar-refractivity contribution in [3.63, 3.8) is 0 Å². The van der Waals surface area contributed by atoms with Gasteiger partial charge in [-0.25, -0.2) is 9.59 Å². The van der Waals surface area contributed by atoms with Crippen LogP contribution >= 0.6 is 0 Å². The lowest BCUT2D eigenvalue weighted by atomic mass is 9.62. The van der Waals surface area contributed by atoms with Crippen molar-refractivity contribution in [3.8, 4) is 0 Å². The predicted molar refractivity (Wildman–Crippen MR) is 89.5 cm³/mol. The lowest BCUT2D eigenvalue weighted by Crippen LogP contribution is -2.50. The number of nitrogens with one attached hydrogen (secondary N) is 2. The zero-order valence-corrected chi connectivity index (χ0v) is 15.1. The van der Waals surface area contributed by atoms with Crippen molar-refractivity contribution in [2.24, 2.45) is 16.7 Å². The first-order valence-electron chi connectivity index (χ1n) is 8.41. The molecule has 2 amide bonds. The molecule has 3 N–H and O–H groups in total. The third kappa shape index (κ3) is 7.57. The van der Waals surface area contributed by atoms with Crippen molar-refractivity contribution in [1.82, 2.24) is 10.6 Å². The lowest BCUT2D eigenvalue weighted by Gasteiger charge is -2.46. The van der Waals surface area contributed by atoms with Gasteiger partial charge in [-0.3, -0.25) is 0 Å². The van der Waals surface area contributed by atoms with Crippen molar-refractivity contribution in [2.45, 2.75) is 66.3 Å². The summed E-state index contributed by atoms with van der Waals surface area (Å²) in [6, 6.07) is -0.0833. The molecule has 2 atom stereocenters. The Bertz CT molecular complexity index is 423. The topological polar surface area (TPSA) is 87.7 Å². The molecule has 0 spiro atoms. The first-order chi connectivity index (χ1) is 10.5. The van der Waals surface area contributed by atoms with E-state index in [9.17, 15) is 9.59 Å². The van der Waals surface area contributed by atoms with Crippen LogP contribution in [0.25, 0.3) is 0 Å². The van der Waals surface area contributed by atoms with Gasteiger partial charge in [-0.2, -0.15) is 0 Å². The summed E-state index contributed by atoms with van der Waals surface area (Å²) in [5.41, 5.74) is -0.116. The first kappa shape index (κ1) is 19.6. The average molecular weight is 328 g/mol. The van der Waals surface area contributed by atoms with Crippen LogP contribution in [0.5, 0.6) is 0 Å². The van der Waals surface area contributed by atoms with Crippen LogP contribution in [0.1, 0.15) is 60.3 Å². The fraction of sp³-hybridized carbons (Fsp3) is 0.882. The van der Waals surface area contributed by atoms with Crippen molar-refractivity contribution >= 4 is 12.2 Å². The van der Waals surface area contributed by atoms with E-state index in [4.69, 9.17) is 9.84 Å². The Kier molecular flexibility index (Phi) is 6.71. The molecule has 1 aliphatic rings. The quantitative estimate of drug-likeness (QED) is 0.695. The Morgan fingerprint density at radius 3 is 2.48 bits per heavy atom. The third-order valence-corrected chi connectivity index (χ3v) is 4.36. The minimum atomic E-state index is -0.990. The van der Waals surface area contributed by atoms with Crippen LogP contribution in [0.15, 0.2) is 0 Å². The second kappa shape index (κ2) is 7.88. The molecule has 0 heterocycles. The maximum atomic E-state index is 11.8.